The van der Waals surface area contributed by atoms with Crippen molar-refractivity contribution in [3.05, 3.63) is 74.7 Å². The lowest BCUT2D eigenvalue weighted by Crippen LogP contribution is -2.40. The summed E-state index contributed by atoms with van der Waals surface area (Å²) in [6.07, 6.45) is 1.83. The van der Waals surface area contributed by atoms with E-state index >= 15 is 0 Å². The molecule has 1 amide bonds. The average molecular weight is 545 g/mol. The van der Waals surface area contributed by atoms with E-state index in [9.17, 15) is 9.59 Å². The van der Waals surface area contributed by atoms with E-state index in [4.69, 9.17) is 18.9 Å². The minimum absolute atomic E-state index is 0.103. The third kappa shape index (κ3) is 5.34. The molecular weight excluding hydrogens is 508 g/mol. The van der Waals surface area contributed by atoms with Crippen LogP contribution in [0.4, 0.5) is 5.69 Å². The van der Waals surface area contributed by atoms with E-state index < -0.39 is 0 Å². The molecule has 2 aromatic heterocycles. The van der Waals surface area contributed by atoms with Crippen molar-refractivity contribution in [2.75, 3.05) is 31.8 Å². The van der Waals surface area contributed by atoms with Crippen LogP contribution in [-0.2, 0) is 11.3 Å². The summed E-state index contributed by atoms with van der Waals surface area (Å²) in [7, 11) is 1.62. The number of aromatic amines is 1. The number of anilines is 1. The van der Waals surface area contributed by atoms with Gasteiger partial charge in [-0.05, 0) is 82.0 Å². The van der Waals surface area contributed by atoms with Gasteiger partial charge in [-0.3, -0.25) is 9.59 Å². The van der Waals surface area contributed by atoms with Gasteiger partial charge < -0.3 is 29.1 Å². The van der Waals surface area contributed by atoms with Gasteiger partial charge in [-0.1, -0.05) is 0 Å². The Kier molecular flexibility index (Phi) is 7.93. The molecule has 1 aliphatic rings. The zero-order chi connectivity index (χ0) is 28.4. The van der Waals surface area contributed by atoms with Gasteiger partial charge in [0, 0.05) is 60.9 Å². The predicted molar refractivity (Wildman–Crippen MR) is 155 cm³/mol. The number of pyridine rings is 1. The second-order valence-electron chi connectivity index (χ2n) is 10.2. The number of aromatic nitrogens is 2. The summed E-state index contributed by atoms with van der Waals surface area (Å²) in [6.45, 7) is 10.1. The van der Waals surface area contributed by atoms with Crippen molar-refractivity contribution in [2.24, 2.45) is 0 Å². The van der Waals surface area contributed by atoms with Crippen LogP contribution in [0, 0.1) is 20.8 Å². The molecule has 5 rings (SSSR count). The molecular formula is C31H36N4O5. The zero-order valence-electron chi connectivity index (χ0n) is 23.7. The van der Waals surface area contributed by atoms with Gasteiger partial charge in [-0.25, -0.2) is 4.98 Å². The molecule has 1 fully saturated rings. The van der Waals surface area contributed by atoms with Crippen LogP contribution in [0.1, 0.15) is 52.5 Å². The van der Waals surface area contributed by atoms with Crippen LogP contribution in [0.3, 0.4) is 0 Å². The van der Waals surface area contributed by atoms with Gasteiger partial charge in [0.15, 0.2) is 5.58 Å². The Bertz CT molecular complexity index is 1580. The largest absolute Gasteiger partial charge is 0.497 e. The number of aryl methyl sites for hydroxylation is 2. The van der Waals surface area contributed by atoms with Gasteiger partial charge in [0.1, 0.15) is 11.3 Å². The number of hydrogen-bond acceptors (Lipinski definition) is 7. The molecule has 3 heterocycles. The number of ether oxygens (including phenoxy) is 2. The van der Waals surface area contributed by atoms with E-state index in [2.05, 4.69) is 22.1 Å². The molecule has 0 atom stereocenters. The van der Waals surface area contributed by atoms with Crippen molar-refractivity contribution in [1.29, 1.82) is 0 Å². The van der Waals surface area contributed by atoms with Crippen molar-refractivity contribution in [2.45, 2.75) is 53.1 Å². The second-order valence-corrected chi connectivity index (χ2v) is 10.2. The molecule has 0 unspecified atom stereocenters. The Balaban J connectivity index is 1.59. The van der Waals surface area contributed by atoms with Crippen molar-refractivity contribution in [3.8, 4) is 17.2 Å². The van der Waals surface area contributed by atoms with Crippen LogP contribution in [0.15, 0.2) is 45.6 Å². The third-order valence-corrected chi connectivity index (χ3v) is 7.68. The van der Waals surface area contributed by atoms with Gasteiger partial charge in [0.25, 0.3) is 11.5 Å². The topological polar surface area (TPSA) is 110 Å². The van der Waals surface area contributed by atoms with Crippen molar-refractivity contribution >= 4 is 22.7 Å². The SMILES string of the molecule is CCN(c1cc2oc(-c3ccc(OC)cc3)nc2c(C(=O)NCc2c(C)cc(C)[nH]c2=O)c1C)C1CCOCC1. The van der Waals surface area contributed by atoms with Gasteiger partial charge in [-0.2, -0.15) is 0 Å². The van der Waals surface area contributed by atoms with Gasteiger partial charge in [-0.15, -0.1) is 0 Å². The average Bonchev–Trinajstić information content (AvgIpc) is 3.37. The first-order valence-electron chi connectivity index (χ1n) is 13.7. The Labute approximate surface area is 233 Å². The number of fused-ring (bicyclic) bond motifs is 1. The lowest BCUT2D eigenvalue weighted by Gasteiger charge is -2.36. The summed E-state index contributed by atoms with van der Waals surface area (Å²) in [5.74, 6) is 0.846. The number of rotatable bonds is 8. The summed E-state index contributed by atoms with van der Waals surface area (Å²) in [5.41, 5.74) is 5.95. The van der Waals surface area contributed by atoms with E-state index in [-0.39, 0.29) is 18.0 Å². The molecule has 0 bridgehead atoms. The fraction of sp³-hybridized carbons (Fsp3) is 0.387. The standard InChI is InChI=1S/C31H36N4O5/c1-6-35(22-11-13-39-14-12-22)25-16-26-28(34-31(40-26)21-7-9-23(38-5)10-8-21)27(20(25)4)30(37)32-17-24-18(2)15-19(3)33-29(24)36/h7-10,15-16,22H,6,11-14,17H2,1-5H3,(H,32,37)(H,33,36). The molecule has 2 N–H and O–H groups in total. The Morgan fingerprint density at radius 2 is 1.88 bits per heavy atom. The number of carbonyl (C=O) groups excluding carboxylic acids is 1. The Morgan fingerprint density at radius 1 is 1.15 bits per heavy atom. The quantitative estimate of drug-likeness (QED) is 0.319. The number of carbonyl (C=O) groups is 1. The molecule has 1 saturated heterocycles. The van der Waals surface area contributed by atoms with E-state index in [0.717, 1.165) is 53.2 Å². The first-order valence-corrected chi connectivity index (χ1v) is 13.7. The van der Waals surface area contributed by atoms with Gasteiger partial charge >= 0.3 is 0 Å². The summed E-state index contributed by atoms with van der Waals surface area (Å²) in [4.78, 5) is 36.4. The molecule has 0 spiro atoms. The minimum Gasteiger partial charge on any atom is -0.497 e. The lowest BCUT2D eigenvalue weighted by atomic mass is 9.99. The number of methoxy groups -OCH3 is 1. The molecule has 4 aromatic rings. The fourth-order valence-corrected chi connectivity index (χ4v) is 5.56. The van der Waals surface area contributed by atoms with Crippen LogP contribution in [0.5, 0.6) is 5.75 Å². The second kappa shape index (κ2) is 11.6. The molecule has 210 valence electrons. The van der Waals surface area contributed by atoms with E-state index in [1.165, 1.54) is 0 Å². The number of amides is 1. The van der Waals surface area contributed by atoms with E-state index in [1.54, 1.807) is 7.11 Å². The molecule has 2 aromatic carbocycles. The first kappa shape index (κ1) is 27.5. The number of nitrogens with zero attached hydrogens (tertiary/aromatic N) is 2. The molecule has 40 heavy (non-hydrogen) atoms. The predicted octanol–water partition coefficient (Wildman–Crippen LogP) is 5.05. The van der Waals surface area contributed by atoms with E-state index in [0.29, 0.717) is 47.4 Å². The maximum absolute atomic E-state index is 13.9. The molecule has 1 aliphatic heterocycles. The molecule has 9 nitrogen and oxygen atoms in total. The summed E-state index contributed by atoms with van der Waals surface area (Å²) in [5, 5.41) is 2.98. The van der Waals surface area contributed by atoms with Gasteiger partial charge in [0.05, 0.1) is 12.7 Å². The maximum Gasteiger partial charge on any atom is 0.254 e. The molecule has 0 radical (unpaired) electrons. The highest BCUT2D eigenvalue weighted by Crippen LogP contribution is 2.36. The summed E-state index contributed by atoms with van der Waals surface area (Å²) < 4.78 is 17.2. The van der Waals surface area contributed by atoms with Crippen LogP contribution in [0.25, 0.3) is 22.6 Å². The Hall–Kier alpha value is -4.11. The Morgan fingerprint density at radius 3 is 2.52 bits per heavy atom. The third-order valence-electron chi connectivity index (χ3n) is 7.68. The smallest absolute Gasteiger partial charge is 0.254 e. The van der Waals surface area contributed by atoms with Gasteiger partial charge in [0.2, 0.25) is 5.89 Å². The highest BCUT2D eigenvalue weighted by molar-refractivity contribution is 6.08. The van der Waals surface area contributed by atoms with E-state index in [1.807, 2.05) is 57.2 Å². The van der Waals surface area contributed by atoms with Crippen LogP contribution < -0.4 is 20.5 Å². The minimum atomic E-state index is -0.304. The molecule has 0 saturated carbocycles. The summed E-state index contributed by atoms with van der Waals surface area (Å²) >= 11 is 0. The molecule has 9 heteroatoms. The van der Waals surface area contributed by atoms with Crippen molar-refractivity contribution in [3.63, 3.8) is 0 Å². The fourth-order valence-electron chi connectivity index (χ4n) is 5.56. The zero-order valence-corrected chi connectivity index (χ0v) is 23.7. The lowest BCUT2D eigenvalue weighted by molar-refractivity contribution is 0.0846. The monoisotopic (exact) mass is 544 g/mol. The van der Waals surface area contributed by atoms with Crippen LogP contribution in [-0.4, -0.2) is 48.8 Å². The first-order chi connectivity index (χ1) is 19.3. The highest BCUT2D eigenvalue weighted by Gasteiger charge is 2.28. The van der Waals surface area contributed by atoms with Crippen LogP contribution >= 0.6 is 0 Å². The number of benzene rings is 2. The number of nitrogens with one attached hydrogen (secondary N) is 2. The van der Waals surface area contributed by atoms with Crippen molar-refractivity contribution < 1.29 is 18.7 Å². The molecule has 0 aliphatic carbocycles. The van der Waals surface area contributed by atoms with Crippen LogP contribution in [0.2, 0.25) is 0 Å². The van der Waals surface area contributed by atoms with Crippen molar-refractivity contribution in [1.82, 2.24) is 15.3 Å². The maximum atomic E-state index is 13.9. The highest BCUT2D eigenvalue weighted by atomic mass is 16.5. The summed E-state index contributed by atoms with van der Waals surface area (Å²) in [6, 6.07) is 11.6. The normalized spacial score (nSPS) is 13.9. The number of oxazole rings is 1. The number of hydrogen-bond donors (Lipinski definition) is 2. The number of H-pyrrole nitrogens is 1.